The van der Waals surface area contributed by atoms with Crippen LogP contribution in [-0.4, -0.2) is 41.8 Å². The predicted molar refractivity (Wildman–Crippen MR) is 114 cm³/mol. The number of nitrogens with zero attached hydrogens (tertiary/aromatic N) is 2. The van der Waals surface area contributed by atoms with Gasteiger partial charge in [0, 0.05) is 24.7 Å². The van der Waals surface area contributed by atoms with E-state index in [-0.39, 0.29) is 12.1 Å². The standard InChI is InChI=1S/C24H30N2O2/c1-24(2,3)28-23(27)25-16-8-11-20(17-25)26-21-12-6-4-9-18(21)14-15-19-10-5-7-13-22(19)26/h4-13,18,20-21H,14-17H2,1-3H3. The maximum absolute atomic E-state index is 12.7. The first-order chi connectivity index (χ1) is 13.4. The van der Waals surface area contributed by atoms with Crippen LogP contribution in [0.15, 0.2) is 60.7 Å². The van der Waals surface area contributed by atoms with E-state index in [2.05, 4.69) is 65.6 Å². The van der Waals surface area contributed by atoms with E-state index in [0.717, 1.165) is 12.8 Å². The average Bonchev–Trinajstić information content (AvgIpc) is 2.84. The number of rotatable bonds is 1. The number of allylic oxidation sites excluding steroid dienone is 2. The molecule has 3 atom stereocenters. The number of para-hydroxylation sites is 1. The van der Waals surface area contributed by atoms with Crippen LogP contribution in [0.2, 0.25) is 0 Å². The van der Waals surface area contributed by atoms with Crippen LogP contribution in [0.5, 0.6) is 0 Å². The number of anilines is 1. The fourth-order valence-electron chi connectivity index (χ4n) is 4.43. The van der Waals surface area contributed by atoms with Gasteiger partial charge in [-0.2, -0.15) is 0 Å². The summed E-state index contributed by atoms with van der Waals surface area (Å²) in [7, 11) is 0. The summed E-state index contributed by atoms with van der Waals surface area (Å²) in [5.74, 6) is 0.489. The molecule has 2 heterocycles. The van der Waals surface area contributed by atoms with E-state index in [9.17, 15) is 4.79 Å². The minimum absolute atomic E-state index is 0.129. The first-order valence-corrected chi connectivity index (χ1v) is 10.3. The topological polar surface area (TPSA) is 32.8 Å². The summed E-state index contributed by atoms with van der Waals surface area (Å²) in [6.45, 7) is 6.98. The monoisotopic (exact) mass is 378 g/mol. The van der Waals surface area contributed by atoms with Crippen molar-refractivity contribution in [3.8, 4) is 0 Å². The summed E-state index contributed by atoms with van der Waals surface area (Å²) in [6.07, 6.45) is 15.3. The molecule has 1 aromatic carbocycles. The van der Waals surface area contributed by atoms with Gasteiger partial charge in [-0.05, 0) is 45.2 Å². The highest BCUT2D eigenvalue weighted by Crippen LogP contribution is 2.37. The Balaban J connectivity index is 1.64. The van der Waals surface area contributed by atoms with Crippen LogP contribution in [0.4, 0.5) is 10.5 Å². The molecule has 0 saturated heterocycles. The molecule has 4 heteroatoms. The zero-order valence-electron chi connectivity index (χ0n) is 17.0. The summed E-state index contributed by atoms with van der Waals surface area (Å²) >= 11 is 0. The van der Waals surface area contributed by atoms with Crippen LogP contribution in [0, 0.1) is 5.92 Å². The van der Waals surface area contributed by atoms with E-state index in [1.807, 2.05) is 25.7 Å². The lowest BCUT2D eigenvalue weighted by atomic mass is 9.89. The van der Waals surface area contributed by atoms with Gasteiger partial charge >= 0.3 is 6.09 Å². The third kappa shape index (κ3) is 3.87. The highest BCUT2D eigenvalue weighted by atomic mass is 16.6. The highest BCUT2D eigenvalue weighted by Gasteiger charge is 2.36. The fourth-order valence-corrected chi connectivity index (χ4v) is 4.43. The lowest BCUT2D eigenvalue weighted by molar-refractivity contribution is 0.0258. The Hall–Kier alpha value is -2.49. The molecule has 4 nitrogen and oxygen atoms in total. The molecule has 1 aliphatic carbocycles. The van der Waals surface area contributed by atoms with Crippen LogP contribution < -0.4 is 4.90 Å². The summed E-state index contributed by atoms with van der Waals surface area (Å²) < 4.78 is 5.62. The van der Waals surface area contributed by atoms with Crippen molar-refractivity contribution in [3.05, 3.63) is 66.3 Å². The van der Waals surface area contributed by atoms with E-state index < -0.39 is 5.60 Å². The molecule has 1 amide bonds. The Morgan fingerprint density at radius 2 is 1.89 bits per heavy atom. The molecule has 0 radical (unpaired) electrons. The first-order valence-electron chi connectivity index (χ1n) is 10.3. The van der Waals surface area contributed by atoms with Gasteiger partial charge in [-0.25, -0.2) is 4.79 Å². The third-order valence-electron chi connectivity index (χ3n) is 5.65. The van der Waals surface area contributed by atoms with E-state index in [4.69, 9.17) is 4.74 Å². The molecule has 3 aliphatic rings. The van der Waals surface area contributed by atoms with Gasteiger partial charge < -0.3 is 14.5 Å². The summed E-state index contributed by atoms with van der Waals surface area (Å²) in [5, 5.41) is 0. The maximum atomic E-state index is 12.7. The molecule has 2 aliphatic heterocycles. The predicted octanol–water partition coefficient (Wildman–Crippen LogP) is 4.73. The van der Waals surface area contributed by atoms with Crippen molar-refractivity contribution in [3.63, 3.8) is 0 Å². The maximum Gasteiger partial charge on any atom is 0.410 e. The number of aryl methyl sites for hydroxylation is 1. The van der Waals surface area contributed by atoms with Gasteiger partial charge in [0.25, 0.3) is 0 Å². The molecule has 0 spiro atoms. The zero-order chi connectivity index (χ0) is 19.7. The lowest BCUT2D eigenvalue weighted by Gasteiger charge is -2.43. The Morgan fingerprint density at radius 1 is 1.11 bits per heavy atom. The molecule has 0 fully saturated rings. The number of ether oxygens (including phenoxy) is 1. The van der Waals surface area contributed by atoms with Crippen LogP contribution in [0.25, 0.3) is 0 Å². The van der Waals surface area contributed by atoms with Gasteiger partial charge in [0.1, 0.15) is 5.60 Å². The second kappa shape index (κ2) is 7.50. The van der Waals surface area contributed by atoms with Gasteiger partial charge in [0.2, 0.25) is 0 Å². The number of carbonyl (C=O) groups is 1. The average molecular weight is 379 g/mol. The number of benzene rings is 1. The third-order valence-corrected chi connectivity index (χ3v) is 5.65. The van der Waals surface area contributed by atoms with Crippen molar-refractivity contribution in [2.45, 2.75) is 51.3 Å². The van der Waals surface area contributed by atoms with E-state index >= 15 is 0 Å². The minimum Gasteiger partial charge on any atom is -0.444 e. The molecule has 28 heavy (non-hydrogen) atoms. The zero-order valence-corrected chi connectivity index (χ0v) is 17.0. The molecule has 3 unspecified atom stereocenters. The van der Waals surface area contributed by atoms with Gasteiger partial charge in [-0.1, -0.05) is 54.7 Å². The van der Waals surface area contributed by atoms with Gasteiger partial charge in [0.15, 0.2) is 0 Å². The van der Waals surface area contributed by atoms with Crippen LogP contribution in [0.3, 0.4) is 0 Å². The largest absolute Gasteiger partial charge is 0.444 e. The lowest BCUT2D eigenvalue weighted by Crippen LogP contribution is -2.53. The molecule has 1 aromatic rings. The number of amides is 1. The van der Waals surface area contributed by atoms with Crippen LogP contribution in [-0.2, 0) is 11.2 Å². The first kappa shape index (κ1) is 18.9. The fraction of sp³-hybridized carbons (Fsp3) is 0.458. The molecule has 0 bridgehead atoms. The second-order valence-electron chi connectivity index (χ2n) is 8.88. The number of fused-ring (bicyclic) bond motifs is 2. The molecule has 0 aromatic heterocycles. The smallest absolute Gasteiger partial charge is 0.410 e. The number of hydrogen-bond acceptors (Lipinski definition) is 3. The summed E-state index contributed by atoms with van der Waals surface area (Å²) in [6, 6.07) is 9.15. The second-order valence-corrected chi connectivity index (χ2v) is 8.88. The SMILES string of the molecule is CC(C)(C)OC(=O)N1CC=CC(N2c3ccccc3CCC3C=CC=CC32)C1. The summed E-state index contributed by atoms with van der Waals surface area (Å²) in [4.78, 5) is 17.0. The number of hydrogen-bond donors (Lipinski definition) is 0. The van der Waals surface area contributed by atoms with Crippen molar-refractivity contribution >= 4 is 11.8 Å². The van der Waals surface area contributed by atoms with Crippen molar-refractivity contribution in [2.75, 3.05) is 18.0 Å². The molecule has 4 rings (SSSR count). The van der Waals surface area contributed by atoms with Crippen molar-refractivity contribution in [1.82, 2.24) is 4.90 Å². The molecular formula is C24H30N2O2. The van der Waals surface area contributed by atoms with Gasteiger partial charge in [-0.15, -0.1) is 0 Å². The van der Waals surface area contributed by atoms with Crippen molar-refractivity contribution in [1.29, 1.82) is 0 Å². The molecule has 0 saturated carbocycles. The Kier molecular flexibility index (Phi) is 5.05. The van der Waals surface area contributed by atoms with Crippen LogP contribution >= 0.6 is 0 Å². The minimum atomic E-state index is -0.481. The van der Waals surface area contributed by atoms with E-state index in [0.29, 0.717) is 25.0 Å². The van der Waals surface area contributed by atoms with E-state index in [1.54, 1.807) is 0 Å². The number of carbonyl (C=O) groups excluding carboxylic acids is 1. The van der Waals surface area contributed by atoms with Crippen molar-refractivity contribution < 1.29 is 9.53 Å². The molecular weight excluding hydrogens is 348 g/mol. The molecule has 0 N–H and O–H groups in total. The normalized spacial score (nSPS) is 26.5. The Labute approximate surface area is 168 Å². The summed E-state index contributed by atoms with van der Waals surface area (Å²) in [5.41, 5.74) is 2.20. The Morgan fingerprint density at radius 3 is 2.71 bits per heavy atom. The Bertz CT molecular complexity index is 818. The highest BCUT2D eigenvalue weighted by molar-refractivity contribution is 5.69. The molecule has 148 valence electrons. The van der Waals surface area contributed by atoms with Crippen molar-refractivity contribution in [2.24, 2.45) is 5.92 Å². The quantitative estimate of drug-likeness (QED) is 0.663. The van der Waals surface area contributed by atoms with Gasteiger partial charge in [0.05, 0.1) is 12.1 Å². The van der Waals surface area contributed by atoms with Gasteiger partial charge in [-0.3, -0.25) is 0 Å². The van der Waals surface area contributed by atoms with E-state index in [1.165, 1.54) is 11.3 Å². The van der Waals surface area contributed by atoms with Crippen LogP contribution in [0.1, 0.15) is 32.8 Å².